The molecule has 1 heterocycles. The van der Waals surface area contributed by atoms with Gasteiger partial charge in [-0.25, -0.2) is 0 Å². The van der Waals surface area contributed by atoms with Crippen molar-refractivity contribution in [3.63, 3.8) is 0 Å². The lowest BCUT2D eigenvalue weighted by atomic mass is 9.40. The van der Waals surface area contributed by atoms with Crippen molar-refractivity contribution in [1.82, 2.24) is 10.2 Å². The van der Waals surface area contributed by atoms with Gasteiger partial charge in [-0.15, -0.1) is 0 Å². The van der Waals surface area contributed by atoms with Gasteiger partial charge in [-0.1, -0.05) is 13.8 Å². The molecule has 4 aliphatic carbocycles. The van der Waals surface area contributed by atoms with Gasteiger partial charge in [0, 0.05) is 12.5 Å². The van der Waals surface area contributed by atoms with Gasteiger partial charge < -0.3 is 16.0 Å². The number of likely N-dealkylation sites (tertiary alicyclic amines) is 1. The summed E-state index contributed by atoms with van der Waals surface area (Å²) in [6.45, 7) is 8.51. The van der Waals surface area contributed by atoms with E-state index in [9.17, 15) is 9.59 Å². The standard InChI is InChI=1S/C22H37N3O2/c1-20-10-16-11-21(2,13-20)15-22(12-16,14-20)19(27)24-6-3-7-25-8-4-17(5-9-25)18(23)26/h16-17H,3-15H2,1-2H3,(H2,23,26)(H,24,27). The Bertz CT molecular complexity index is 593. The summed E-state index contributed by atoms with van der Waals surface area (Å²) >= 11 is 0. The lowest BCUT2D eigenvalue weighted by Crippen LogP contribution is -2.60. The van der Waals surface area contributed by atoms with Crippen molar-refractivity contribution in [2.75, 3.05) is 26.2 Å². The number of rotatable bonds is 6. The van der Waals surface area contributed by atoms with Crippen LogP contribution in [0, 0.1) is 28.1 Å². The minimum atomic E-state index is -0.153. The molecule has 27 heavy (non-hydrogen) atoms. The minimum Gasteiger partial charge on any atom is -0.369 e. The molecule has 2 unspecified atom stereocenters. The van der Waals surface area contributed by atoms with E-state index in [-0.39, 0.29) is 17.2 Å². The molecule has 3 N–H and O–H groups in total. The lowest BCUT2D eigenvalue weighted by Gasteiger charge is -2.64. The van der Waals surface area contributed by atoms with Crippen LogP contribution in [0.5, 0.6) is 0 Å². The average molecular weight is 376 g/mol. The summed E-state index contributed by atoms with van der Waals surface area (Å²) in [7, 11) is 0. The van der Waals surface area contributed by atoms with E-state index >= 15 is 0 Å². The van der Waals surface area contributed by atoms with Gasteiger partial charge in [-0.05, 0) is 94.2 Å². The quantitative estimate of drug-likeness (QED) is 0.701. The van der Waals surface area contributed by atoms with Crippen molar-refractivity contribution < 1.29 is 9.59 Å². The van der Waals surface area contributed by atoms with Crippen LogP contribution in [-0.2, 0) is 9.59 Å². The summed E-state index contributed by atoms with van der Waals surface area (Å²) < 4.78 is 0. The topological polar surface area (TPSA) is 75.4 Å². The molecule has 5 rings (SSSR count). The summed E-state index contributed by atoms with van der Waals surface area (Å²) in [6.07, 6.45) is 10.0. The van der Waals surface area contributed by atoms with Gasteiger partial charge in [0.2, 0.25) is 11.8 Å². The molecule has 1 aliphatic heterocycles. The van der Waals surface area contributed by atoms with Gasteiger partial charge in [0.25, 0.3) is 0 Å². The van der Waals surface area contributed by atoms with Crippen molar-refractivity contribution in [1.29, 1.82) is 0 Å². The van der Waals surface area contributed by atoms with E-state index < -0.39 is 0 Å². The van der Waals surface area contributed by atoms with Crippen molar-refractivity contribution in [3.05, 3.63) is 0 Å². The molecular weight excluding hydrogens is 338 g/mol. The zero-order chi connectivity index (χ0) is 19.3. The molecule has 4 saturated carbocycles. The predicted molar refractivity (Wildman–Crippen MR) is 106 cm³/mol. The molecule has 0 aromatic heterocycles. The Morgan fingerprint density at radius 2 is 1.67 bits per heavy atom. The fraction of sp³-hybridized carbons (Fsp3) is 0.909. The third-order valence-electron chi connectivity index (χ3n) is 8.03. The van der Waals surface area contributed by atoms with Crippen molar-refractivity contribution in [3.8, 4) is 0 Å². The molecule has 0 radical (unpaired) electrons. The van der Waals surface area contributed by atoms with Crippen molar-refractivity contribution >= 4 is 11.8 Å². The van der Waals surface area contributed by atoms with Crippen LogP contribution in [-0.4, -0.2) is 42.9 Å². The van der Waals surface area contributed by atoms with Gasteiger partial charge in [0.15, 0.2) is 0 Å². The smallest absolute Gasteiger partial charge is 0.226 e. The van der Waals surface area contributed by atoms with E-state index in [1.54, 1.807) is 0 Å². The van der Waals surface area contributed by atoms with E-state index in [4.69, 9.17) is 5.73 Å². The van der Waals surface area contributed by atoms with Gasteiger partial charge in [0.1, 0.15) is 0 Å². The molecular formula is C22H37N3O2. The molecule has 0 spiro atoms. The van der Waals surface area contributed by atoms with Crippen LogP contribution in [0.25, 0.3) is 0 Å². The highest BCUT2D eigenvalue weighted by molar-refractivity contribution is 5.83. The largest absolute Gasteiger partial charge is 0.369 e. The van der Waals surface area contributed by atoms with Crippen molar-refractivity contribution in [2.24, 2.45) is 33.8 Å². The second-order valence-electron chi connectivity index (χ2n) is 11.0. The third kappa shape index (κ3) is 3.76. The fourth-order valence-electron chi connectivity index (χ4n) is 7.83. The summed E-state index contributed by atoms with van der Waals surface area (Å²) in [4.78, 5) is 26.8. The van der Waals surface area contributed by atoms with Crippen molar-refractivity contribution in [2.45, 2.75) is 71.6 Å². The number of carbonyl (C=O) groups is 2. The van der Waals surface area contributed by atoms with E-state index in [1.807, 2.05) is 0 Å². The number of hydrogen-bond donors (Lipinski definition) is 2. The molecule has 0 aromatic carbocycles. The van der Waals surface area contributed by atoms with E-state index in [2.05, 4.69) is 24.1 Å². The fourth-order valence-corrected chi connectivity index (χ4v) is 7.83. The first-order valence-electron chi connectivity index (χ1n) is 11.0. The molecule has 5 heteroatoms. The maximum Gasteiger partial charge on any atom is 0.226 e. The Labute approximate surface area is 163 Å². The Morgan fingerprint density at radius 3 is 2.22 bits per heavy atom. The first kappa shape index (κ1) is 19.2. The highest BCUT2D eigenvalue weighted by atomic mass is 16.2. The Hall–Kier alpha value is -1.10. The summed E-state index contributed by atoms with van der Waals surface area (Å²) in [5.41, 5.74) is 6.08. The van der Waals surface area contributed by atoms with Crippen LogP contribution in [0.1, 0.15) is 71.6 Å². The van der Waals surface area contributed by atoms with E-state index in [0.717, 1.165) is 70.6 Å². The number of piperidine rings is 1. The van der Waals surface area contributed by atoms with Crippen LogP contribution in [0.2, 0.25) is 0 Å². The molecule has 2 amide bonds. The van der Waals surface area contributed by atoms with Crippen LogP contribution in [0.3, 0.4) is 0 Å². The van der Waals surface area contributed by atoms with Crippen LogP contribution >= 0.6 is 0 Å². The normalized spacial score (nSPS) is 41.6. The molecule has 0 aromatic rings. The first-order valence-corrected chi connectivity index (χ1v) is 11.0. The minimum absolute atomic E-state index is 0.0553. The number of nitrogens with one attached hydrogen (secondary N) is 1. The number of amides is 2. The molecule has 5 nitrogen and oxygen atoms in total. The van der Waals surface area contributed by atoms with E-state index in [0.29, 0.717) is 16.7 Å². The number of nitrogens with zero attached hydrogens (tertiary/aromatic N) is 1. The Morgan fingerprint density at radius 1 is 1.04 bits per heavy atom. The van der Waals surface area contributed by atoms with Gasteiger partial charge in [-0.3, -0.25) is 9.59 Å². The SMILES string of the molecule is CC12CC3CC(C)(C1)CC(C(=O)NCCCN1CCC(C(N)=O)CC1)(C3)C2. The molecule has 152 valence electrons. The molecule has 4 bridgehead atoms. The zero-order valence-corrected chi connectivity index (χ0v) is 17.2. The van der Waals surface area contributed by atoms with Crippen LogP contribution in [0.4, 0.5) is 0 Å². The lowest BCUT2D eigenvalue weighted by molar-refractivity contribution is -0.170. The number of primary amides is 1. The average Bonchev–Trinajstić information content (AvgIpc) is 2.55. The highest BCUT2D eigenvalue weighted by Gasteiger charge is 2.62. The Kier molecular flexibility index (Phi) is 4.81. The number of hydrogen-bond acceptors (Lipinski definition) is 3. The highest BCUT2D eigenvalue weighted by Crippen LogP contribution is 2.69. The monoisotopic (exact) mass is 375 g/mol. The summed E-state index contributed by atoms with van der Waals surface area (Å²) in [5.74, 6) is 0.990. The van der Waals surface area contributed by atoms with E-state index in [1.165, 1.54) is 19.3 Å². The molecule has 5 fully saturated rings. The second-order valence-corrected chi connectivity index (χ2v) is 11.0. The summed E-state index contributed by atoms with van der Waals surface area (Å²) in [5, 5.41) is 3.30. The van der Waals surface area contributed by atoms with Gasteiger partial charge >= 0.3 is 0 Å². The number of carbonyl (C=O) groups excluding carboxylic acids is 2. The van der Waals surface area contributed by atoms with Crippen LogP contribution in [0.15, 0.2) is 0 Å². The van der Waals surface area contributed by atoms with Gasteiger partial charge in [-0.2, -0.15) is 0 Å². The van der Waals surface area contributed by atoms with Crippen LogP contribution < -0.4 is 11.1 Å². The zero-order valence-electron chi connectivity index (χ0n) is 17.2. The Balaban J connectivity index is 1.24. The maximum atomic E-state index is 13.2. The molecule has 2 atom stereocenters. The number of nitrogens with two attached hydrogens (primary N) is 1. The second kappa shape index (κ2) is 6.75. The molecule has 1 saturated heterocycles. The van der Waals surface area contributed by atoms with Gasteiger partial charge in [0.05, 0.1) is 5.41 Å². The maximum absolute atomic E-state index is 13.2. The summed E-state index contributed by atoms with van der Waals surface area (Å²) in [6, 6.07) is 0. The third-order valence-corrected chi connectivity index (χ3v) is 8.03. The predicted octanol–water partition coefficient (Wildman–Crippen LogP) is 2.69. The first-order chi connectivity index (χ1) is 12.7. The molecule has 5 aliphatic rings.